The van der Waals surface area contributed by atoms with E-state index in [9.17, 15) is 4.79 Å². The summed E-state index contributed by atoms with van der Waals surface area (Å²) in [6, 6.07) is 7.44. The van der Waals surface area contributed by atoms with E-state index in [1.807, 2.05) is 24.3 Å². The van der Waals surface area contributed by atoms with Gasteiger partial charge in [0.2, 0.25) is 0 Å². The molecule has 98 valence electrons. The normalized spacial score (nSPS) is 18.3. The first-order valence-corrected chi connectivity index (χ1v) is 7.00. The molecule has 1 aromatic carbocycles. The van der Waals surface area contributed by atoms with Crippen LogP contribution in [-0.2, 0) is 4.74 Å². The zero-order chi connectivity index (χ0) is 13.0. The van der Waals surface area contributed by atoms with E-state index in [0.717, 1.165) is 30.5 Å². The molecule has 1 aliphatic rings. The van der Waals surface area contributed by atoms with E-state index in [1.54, 1.807) is 0 Å². The van der Waals surface area contributed by atoms with Gasteiger partial charge in [-0.1, -0.05) is 28.9 Å². The van der Waals surface area contributed by atoms with Crippen molar-refractivity contribution >= 4 is 21.8 Å². The zero-order valence-electron chi connectivity index (χ0n) is 10.5. The molecule has 0 atom stereocenters. The van der Waals surface area contributed by atoms with Gasteiger partial charge in [-0.3, -0.25) is 4.79 Å². The van der Waals surface area contributed by atoms with E-state index in [1.165, 1.54) is 0 Å². The second kappa shape index (κ2) is 5.85. The SMILES string of the molecule is CC1(CNC(=O)c2cccc(Br)c2)CCOCC1. The smallest absolute Gasteiger partial charge is 0.251 e. The first-order chi connectivity index (χ1) is 8.59. The summed E-state index contributed by atoms with van der Waals surface area (Å²) in [4.78, 5) is 12.0. The molecule has 2 rings (SSSR count). The molecule has 0 saturated carbocycles. The highest BCUT2D eigenvalue weighted by Gasteiger charge is 2.27. The summed E-state index contributed by atoms with van der Waals surface area (Å²) >= 11 is 3.37. The van der Waals surface area contributed by atoms with Gasteiger partial charge in [-0.2, -0.15) is 0 Å². The highest BCUT2D eigenvalue weighted by atomic mass is 79.9. The van der Waals surface area contributed by atoms with E-state index in [2.05, 4.69) is 28.2 Å². The molecule has 1 amide bonds. The van der Waals surface area contributed by atoms with Crippen LogP contribution in [0.25, 0.3) is 0 Å². The second-order valence-electron chi connectivity index (χ2n) is 5.12. The van der Waals surface area contributed by atoms with E-state index in [-0.39, 0.29) is 11.3 Å². The summed E-state index contributed by atoms with van der Waals surface area (Å²) in [5.74, 6) is -0.0102. The summed E-state index contributed by atoms with van der Waals surface area (Å²) < 4.78 is 6.28. The number of carbonyl (C=O) groups excluding carboxylic acids is 1. The van der Waals surface area contributed by atoms with Crippen LogP contribution in [0.2, 0.25) is 0 Å². The number of nitrogens with one attached hydrogen (secondary N) is 1. The molecule has 3 nitrogen and oxygen atoms in total. The lowest BCUT2D eigenvalue weighted by Gasteiger charge is -2.33. The fourth-order valence-corrected chi connectivity index (χ4v) is 2.47. The minimum absolute atomic E-state index is 0.0102. The van der Waals surface area contributed by atoms with Crippen LogP contribution in [0.5, 0.6) is 0 Å². The Labute approximate surface area is 116 Å². The monoisotopic (exact) mass is 311 g/mol. The number of ether oxygens (including phenoxy) is 1. The standard InChI is InChI=1S/C14H18BrNO2/c1-14(5-7-18-8-6-14)10-16-13(17)11-3-2-4-12(15)9-11/h2-4,9H,5-8,10H2,1H3,(H,16,17). The third kappa shape index (κ3) is 3.56. The molecule has 0 aromatic heterocycles. The topological polar surface area (TPSA) is 38.3 Å². The van der Waals surface area contributed by atoms with Gasteiger partial charge < -0.3 is 10.1 Å². The third-order valence-corrected chi connectivity index (χ3v) is 3.96. The minimum Gasteiger partial charge on any atom is -0.381 e. The Morgan fingerprint density at radius 2 is 2.17 bits per heavy atom. The predicted octanol–water partition coefficient (Wildman–Crippen LogP) is 3.00. The molecule has 0 unspecified atom stereocenters. The number of hydrogen-bond donors (Lipinski definition) is 1. The van der Waals surface area contributed by atoms with E-state index < -0.39 is 0 Å². The number of hydrogen-bond acceptors (Lipinski definition) is 2. The number of amides is 1. The van der Waals surface area contributed by atoms with Crippen LogP contribution in [0.4, 0.5) is 0 Å². The molecule has 1 heterocycles. The van der Waals surface area contributed by atoms with Gasteiger partial charge in [0.1, 0.15) is 0 Å². The average Bonchev–Trinajstić information content (AvgIpc) is 2.37. The summed E-state index contributed by atoms with van der Waals surface area (Å²) in [7, 11) is 0. The van der Waals surface area contributed by atoms with E-state index in [4.69, 9.17) is 4.74 Å². The van der Waals surface area contributed by atoms with Gasteiger partial charge in [-0.25, -0.2) is 0 Å². The molecule has 0 aliphatic carbocycles. The molecule has 0 spiro atoms. The van der Waals surface area contributed by atoms with Crippen LogP contribution in [0, 0.1) is 5.41 Å². The molecule has 1 aliphatic heterocycles. The van der Waals surface area contributed by atoms with Gasteiger partial charge >= 0.3 is 0 Å². The Morgan fingerprint density at radius 1 is 1.44 bits per heavy atom. The fourth-order valence-electron chi connectivity index (χ4n) is 2.07. The summed E-state index contributed by atoms with van der Waals surface area (Å²) in [6.07, 6.45) is 2.01. The Kier molecular flexibility index (Phi) is 4.40. The predicted molar refractivity (Wildman–Crippen MR) is 74.6 cm³/mol. The maximum absolute atomic E-state index is 12.0. The second-order valence-corrected chi connectivity index (χ2v) is 6.03. The lowest BCUT2D eigenvalue weighted by molar-refractivity contribution is 0.0238. The molecule has 1 saturated heterocycles. The quantitative estimate of drug-likeness (QED) is 0.932. The van der Waals surface area contributed by atoms with Crippen molar-refractivity contribution in [3.8, 4) is 0 Å². The van der Waals surface area contributed by atoms with E-state index in [0.29, 0.717) is 12.1 Å². The maximum Gasteiger partial charge on any atom is 0.251 e. The van der Waals surface area contributed by atoms with Gasteiger partial charge in [-0.05, 0) is 36.5 Å². The molecule has 1 fully saturated rings. The molecule has 1 N–H and O–H groups in total. The maximum atomic E-state index is 12.0. The summed E-state index contributed by atoms with van der Waals surface area (Å²) in [5, 5.41) is 3.02. The van der Waals surface area contributed by atoms with Crippen molar-refractivity contribution in [2.45, 2.75) is 19.8 Å². The molecule has 0 bridgehead atoms. The minimum atomic E-state index is -0.0102. The highest BCUT2D eigenvalue weighted by molar-refractivity contribution is 9.10. The molecule has 1 aromatic rings. The Morgan fingerprint density at radius 3 is 2.83 bits per heavy atom. The van der Waals surface area contributed by atoms with Crippen LogP contribution in [0.15, 0.2) is 28.7 Å². The molecule has 0 radical (unpaired) electrons. The molecule has 4 heteroatoms. The zero-order valence-corrected chi connectivity index (χ0v) is 12.1. The fraction of sp³-hybridized carbons (Fsp3) is 0.500. The van der Waals surface area contributed by atoms with Gasteiger partial charge in [0, 0.05) is 29.8 Å². The van der Waals surface area contributed by atoms with Crippen LogP contribution in [-0.4, -0.2) is 25.7 Å². The van der Waals surface area contributed by atoms with Crippen molar-refractivity contribution in [2.75, 3.05) is 19.8 Å². The summed E-state index contributed by atoms with van der Waals surface area (Å²) in [5.41, 5.74) is 0.861. The van der Waals surface area contributed by atoms with Gasteiger partial charge in [0.25, 0.3) is 5.91 Å². The first kappa shape index (κ1) is 13.6. The number of benzene rings is 1. The Hall–Kier alpha value is -0.870. The highest BCUT2D eigenvalue weighted by Crippen LogP contribution is 2.28. The van der Waals surface area contributed by atoms with Crippen molar-refractivity contribution < 1.29 is 9.53 Å². The average molecular weight is 312 g/mol. The van der Waals surface area contributed by atoms with Crippen LogP contribution < -0.4 is 5.32 Å². The molecule has 18 heavy (non-hydrogen) atoms. The van der Waals surface area contributed by atoms with Gasteiger partial charge in [0.05, 0.1) is 0 Å². The third-order valence-electron chi connectivity index (χ3n) is 3.46. The summed E-state index contributed by atoms with van der Waals surface area (Å²) in [6.45, 7) is 4.50. The van der Waals surface area contributed by atoms with Crippen molar-refractivity contribution in [3.63, 3.8) is 0 Å². The molecular formula is C14H18BrNO2. The van der Waals surface area contributed by atoms with Gasteiger partial charge in [-0.15, -0.1) is 0 Å². The Bertz CT molecular complexity index is 428. The van der Waals surface area contributed by atoms with Crippen molar-refractivity contribution in [1.82, 2.24) is 5.32 Å². The van der Waals surface area contributed by atoms with E-state index >= 15 is 0 Å². The van der Waals surface area contributed by atoms with Crippen LogP contribution in [0.3, 0.4) is 0 Å². The first-order valence-electron chi connectivity index (χ1n) is 6.21. The molecular weight excluding hydrogens is 294 g/mol. The van der Waals surface area contributed by atoms with Crippen molar-refractivity contribution in [2.24, 2.45) is 5.41 Å². The largest absolute Gasteiger partial charge is 0.381 e. The van der Waals surface area contributed by atoms with Crippen LogP contribution >= 0.6 is 15.9 Å². The lowest BCUT2D eigenvalue weighted by Crippen LogP contribution is -2.39. The van der Waals surface area contributed by atoms with Gasteiger partial charge in [0.15, 0.2) is 0 Å². The number of carbonyl (C=O) groups is 1. The lowest BCUT2D eigenvalue weighted by atomic mass is 9.82. The van der Waals surface area contributed by atoms with Crippen molar-refractivity contribution in [3.05, 3.63) is 34.3 Å². The number of rotatable bonds is 3. The number of halogens is 1. The van der Waals surface area contributed by atoms with Crippen LogP contribution in [0.1, 0.15) is 30.1 Å². The van der Waals surface area contributed by atoms with Crippen molar-refractivity contribution in [1.29, 1.82) is 0 Å². The Balaban J connectivity index is 1.92.